The first-order chi connectivity index (χ1) is 6.68. The van der Waals surface area contributed by atoms with Crippen LogP contribution in [0.4, 0.5) is 0 Å². The largest absolute Gasteiger partial charge is 0.315 e. The lowest BCUT2D eigenvalue weighted by molar-refractivity contribution is 0.464. The molecule has 14 heavy (non-hydrogen) atoms. The lowest BCUT2D eigenvalue weighted by Crippen LogP contribution is -2.38. The van der Waals surface area contributed by atoms with Gasteiger partial charge in [0, 0.05) is 12.6 Å². The Bertz CT molecular complexity index is 133. The molecule has 2 N–H and O–H groups in total. The highest BCUT2D eigenvalue weighted by Gasteiger charge is 2.20. The van der Waals surface area contributed by atoms with Crippen LogP contribution >= 0.6 is 0 Å². The molecule has 1 rings (SSSR count). The van der Waals surface area contributed by atoms with Gasteiger partial charge in [0.05, 0.1) is 0 Å². The maximum absolute atomic E-state index is 3.57. The van der Waals surface area contributed by atoms with E-state index >= 15 is 0 Å². The van der Waals surface area contributed by atoms with Gasteiger partial charge in [-0.3, -0.25) is 0 Å². The van der Waals surface area contributed by atoms with E-state index in [2.05, 4.69) is 31.4 Å². The zero-order valence-electron chi connectivity index (χ0n) is 9.97. The summed E-state index contributed by atoms with van der Waals surface area (Å²) in [6, 6.07) is 0.618. The van der Waals surface area contributed by atoms with Crippen LogP contribution in [-0.4, -0.2) is 25.7 Å². The van der Waals surface area contributed by atoms with Crippen LogP contribution in [0.1, 0.15) is 40.0 Å². The molecule has 1 fully saturated rings. The minimum Gasteiger partial charge on any atom is -0.315 e. The van der Waals surface area contributed by atoms with Crippen molar-refractivity contribution in [3.05, 3.63) is 0 Å². The maximum Gasteiger partial charge on any atom is 0.0164 e. The van der Waals surface area contributed by atoms with Crippen LogP contribution in [0.25, 0.3) is 0 Å². The van der Waals surface area contributed by atoms with Gasteiger partial charge in [-0.15, -0.1) is 0 Å². The molecule has 0 aromatic heterocycles. The number of hydrogen-bond acceptors (Lipinski definition) is 2. The molecule has 0 aliphatic heterocycles. The molecule has 0 radical (unpaired) electrons. The molecule has 1 saturated carbocycles. The predicted molar refractivity (Wildman–Crippen MR) is 62.5 cm³/mol. The van der Waals surface area contributed by atoms with E-state index in [0.717, 1.165) is 24.9 Å². The normalized spacial score (nSPS) is 18.9. The van der Waals surface area contributed by atoms with Crippen LogP contribution in [0, 0.1) is 11.8 Å². The van der Waals surface area contributed by atoms with Gasteiger partial charge in [-0.05, 0) is 38.3 Å². The Hall–Kier alpha value is -0.0800. The van der Waals surface area contributed by atoms with Crippen molar-refractivity contribution in [2.75, 3.05) is 19.6 Å². The van der Waals surface area contributed by atoms with Crippen LogP contribution in [0.3, 0.4) is 0 Å². The second-order valence-corrected chi connectivity index (χ2v) is 5.14. The minimum absolute atomic E-state index is 0.618. The molecule has 1 atom stereocenters. The van der Waals surface area contributed by atoms with E-state index < -0.39 is 0 Å². The van der Waals surface area contributed by atoms with Gasteiger partial charge in [-0.25, -0.2) is 0 Å². The molecule has 0 heterocycles. The molecule has 0 aromatic rings. The van der Waals surface area contributed by atoms with Gasteiger partial charge in [-0.1, -0.05) is 26.7 Å². The van der Waals surface area contributed by atoms with Crippen molar-refractivity contribution in [2.45, 2.75) is 46.1 Å². The first-order valence-corrected chi connectivity index (χ1v) is 6.12. The van der Waals surface area contributed by atoms with Crippen molar-refractivity contribution >= 4 is 0 Å². The fraction of sp³-hybridized carbons (Fsp3) is 1.00. The molecular formula is C12H26N2. The summed E-state index contributed by atoms with van der Waals surface area (Å²) >= 11 is 0. The van der Waals surface area contributed by atoms with Gasteiger partial charge in [-0.2, -0.15) is 0 Å². The molecule has 0 aromatic carbocycles. The molecular weight excluding hydrogens is 172 g/mol. The summed E-state index contributed by atoms with van der Waals surface area (Å²) < 4.78 is 0. The average Bonchev–Trinajstić information content (AvgIpc) is 2.87. The number of nitrogens with one attached hydrogen (secondary N) is 2. The molecule has 0 bridgehead atoms. The fourth-order valence-electron chi connectivity index (χ4n) is 1.60. The second kappa shape index (κ2) is 6.41. The van der Waals surface area contributed by atoms with Crippen molar-refractivity contribution in [3.8, 4) is 0 Å². The summed E-state index contributed by atoms with van der Waals surface area (Å²) in [5.74, 6) is 1.81. The Morgan fingerprint density at radius 1 is 1.14 bits per heavy atom. The average molecular weight is 198 g/mol. The predicted octanol–water partition coefficient (Wildman–Crippen LogP) is 2.01. The van der Waals surface area contributed by atoms with Gasteiger partial charge in [0.2, 0.25) is 0 Å². The molecule has 0 amide bonds. The van der Waals surface area contributed by atoms with Crippen LogP contribution in [0.5, 0.6) is 0 Å². The van der Waals surface area contributed by atoms with Gasteiger partial charge in [0.25, 0.3) is 0 Å². The Labute approximate surface area is 88.8 Å². The lowest BCUT2D eigenvalue weighted by atomic mass is 10.2. The summed E-state index contributed by atoms with van der Waals surface area (Å²) in [6.45, 7) is 10.2. The first-order valence-electron chi connectivity index (χ1n) is 6.12. The molecule has 0 spiro atoms. The summed E-state index contributed by atoms with van der Waals surface area (Å²) in [6.07, 6.45) is 4.33. The van der Waals surface area contributed by atoms with Crippen molar-refractivity contribution in [2.24, 2.45) is 11.8 Å². The summed E-state index contributed by atoms with van der Waals surface area (Å²) in [5.41, 5.74) is 0. The van der Waals surface area contributed by atoms with Crippen LogP contribution in [0.15, 0.2) is 0 Å². The van der Waals surface area contributed by atoms with Gasteiger partial charge in [0.15, 0.2) is 0 Å². The number of hydrogen-bond donors (Lipinski definition) is 2. The van der Waals surface area contributed by atoms with Crippen molar-refractivity contribution < 1.29 is 0 Å². The van der Waals surface area contributed by atoms with E-state index in [1.54, 1.807) is 0 Å². The van der Waals surface area contributed by atoms with E-state index in [1.807, 2.05) is 0 Å². The maximum atomic E-state index is 3.57. The molecule has 0 saturated heterocycles. The highest BCUT2D eigenvalue weighted by atomic mass is 15.0. The third-order valence-electron chi connectivity index (χ3n) is 2.75. The summed E-state index contributed by atoms with van der Waals surface area (Å²) in [5, 5.41) is 7.04. The second-order valence-electron chi connectivity index (χ2n) is 5.14. The Kier molecular flexibility index (Phi) is 5.49. The van der Waals surface area contributed by atoms with E-state index in [9.17, 15) is 0 Å². The third kappa shape index (κ3) is 6.39. The zero-order chi connectivity index (χ0) is 10.4. The van der Waals surface area contributed by atoms with Crippen molar-refractivity contribution in [1.82, 2.24) is 10.6 Å². The van der Waals surface area contributed by atoms with Gasteiger partial charge in [0.1, 0.15) is 0 Å². The first kappa shape index (κ1) is 12.0. The van der Waals surface area contributed by atoms with E-state index in [1.165, 1.54) is 25.8 Å². The molecule has 1 aliphatic carbocycles. The zero-order valence-corrected chi connectivity index (χ0v) is 9.97. The molecule has 84 valence electrons. The topological polar surface area (TPSA) is 24.1 Å². The third-order valence-corrected chi connectivity index (χ3v) is 2.75. The smallest absolute Gasteiger partial charge is 0.0164 e. The monoisotopic (exact) mass is 198 g/mol. The van der Waals surface area contributed by atoms with Crippen LogP contribution < -0.4 is 10.6 Å². The highest BCUT2D eigenvalue weighted by molar-refractivity contribution is 4.75. The molecule has 1 aliphatic rings. The Morgan fingerprint density at radius 3 is 2.43 bits per heavy atom. The standard InChI is InChI=1S/C12H26N2/c1-10(2)8-13-9-11(3)14-7-6-12-4-5-12/h10-14H,4-9H2,1-3H3. The SMILES string of the molecule is CC(C)CNCC(C)NCCC1CC1. The van der Waals surface area contributed by atoms with Crippen LogP contribution in [0.2, 0.25) is 0 Å². The lowest BCUT2D eigenvalue weighted by Gasteiger charge is -2.15. The Balaban J connectivity index is 1.84. The Morgan fingerprint density at radius 2 is 1.86 bits per heavy atom. The fourth-order valence-corrected chi connectivity index (χ4v) is 1.60. The molecule has 2 heteroatoms. The van der Waals surface area contributed by atoms with Crippen molar-refractivity contribution in [1.29, 1.82) is 0 Å². The quantitative estimate of drug-likeness (QED) is 0.623. The van der Waals surface area contributed by atoms with Crippen molar-refractivity contribution in [3.63, 3.8) is 0 Å². The summed E-state index contributed by atoms with van der Waals surface area (Å²) in [7, 11) is 0. The van der Waals surface area contributed by atoms with E-state index in [0.29, 0.717) is 6.04 Å². The minimum atomic E-state index is 0.618. The summed E-state index contributed by atoms with van der Waals surface area (Å²) in [4.78, 5) is 0. The van der Waals surface area contributed by atoms with E-state index in [-0.39, 0.29) is 0 Å². The van der Waals surface area contributed by atoms with Gasteiger partial charge >= 0.3 is 0 Å². The number of rotatable bonds is 8. The van der Waals surface area contributed by atoms with Gasteiger partial charge < -0.3 is 10.6 Å². The van der Waals surface area contributed by atoms with E-state index in [4.69, 9.17) is 0 Å². The van der Waals surface area contributed by atoms with Crippen LogP contribution in [-0.2, 0) is 0 Å². The molecule has 2 nitrogen and oxygen atoms in total. The highest BCUT2D eigenvalue weighted by Crippen LogP contribution is 2.31. The molecule has 1 unspecified atom stereocenters.